The molecule has 1 atom stereocenters. The van der Waals surface area contributed by atoms with Crippen molar-refractivity contribution in [3.63, 3.8) is 0 Å². The van der Waals surface area contributed by atoms with Gasteiger partial charge in [-0.25, -0.2) is 0 Å². The molecule has 0 radical (unpaired) electrons. The van der Waals surface area contributed by atoms with Gasteiger partial charge >= 0.3 is 0 Å². The van der Waals surface area contributed by atoms with Crippen molar-refractivity contribution in [2.75, 3.05) is 24.5 Å². The van der Waals surface area contributed by atoms with Crippen molar-refractivity contribution < 1.29 is 0 Å². The van der Waals surface area contributed by atoms with Crippen LogP contribution in [0.25, 0.3) is 0 Å². The molecule has 1 aliphatic rings. The van der Waals surface area contributed by atoms with Crippen molar-refractivity contribution in [3.05, 3.63) is 29.8 Å². The normalized spacial score (nSPS) is 16.8. The molecule has 0 saturated carbocycles. The summed E-state index contributed by atoms with van der Waals surface area (Å²) in [6.07, 6.45) is 6.31. The summed E-state index contributed by atoms with van der Waals surface area (Å²) >= 11 is 0. The van der Waals surface area contributed by atoms with Gasteiger partial charge in [0.2, 0.25) is 0 Å². The highest BCUT2D eigenvalue weighted by atomic mass is 15.2. The monoisotopic (exact) mass is 260 g/mol. The van der Waals surface area contributed by atoms with Gasteiger partial charge in [-0.1, -0.05) is 32.0 Å². The molecule has 1 N–H and O–H groups in total. The van der Waals surface area contributed by atoms with Crippen LogP contribution in [0.5, 0.6) is 0 Å². The quantitative estimate of drug-likeness (QED) is 0.840. The molecule has 106 valence electrons. The zero-order chi connectivity index (χ0) is 13.5. The molecule has 0 amide bonds. The standard InChI is InChI=1S/C17H28N2/c1-3-12-18-16(4-2)14-19-13-8-7-10-15-9-5-6-11-17(15)19/h5-6,9,11,16,18H,3-4,7-8,10,12-14H2,1-2H3. The second-order valence-corrected chi connectivity index (χ2v) is 5.59. The Hall–Kier alpha value is -1.02. The van der Waals surface area contributed by atoms with Crippen molar-refractivity contribution in [2.45, 2.75) is 52.0 Å². The van der Waals surface area contributed by atoms with E-state index in [1.165, 1.54) is 49.9 Å². The zero-order valence-electron chi connectivity index (χ0n) is 12.5. The first-order valence-corrected chi connectivity index (χ1v) is 7.91. The highest BCUT2D eigenvalue weighted by Crippen LogP contribution is 2.26. The predicted octanol–water partition coefficient (Wildman–Crippen LogP) is 3.61. The van der Waals surface area contributed by atoms with Gasteiger partial charge in [0.15, 0.2) is 0 Å². The van der Waals surface area contributed by atoms with Crippen LogP contribution in [0.4, 0.5) is 5.69 Å². The lowest BCUT2D eigenvalue weighted by Crippen LogP contribution is -2.41. The van der Waals surface area contributed by atoms with E-state index in [1.54, 1.807) is 0 Å². The molecule has 1 aromatic rings. The number of hydrogen-bond acceptors (Lipinski definition) is 2. The Bertz CT molecular complexity index is 375. The lowest BCUT2D eigenvalue weighted by Gasteiger charge is -2.29. The van der Waals surface area contributed by atoms with Gasteiger partial charge in [0.05, 0.1) is 0 Å². The van der Waals surface area contributed by atoms with Crippen molar-refractivity contribution in [3.8, 4) is 0 Å². The SMILES string of the molecule is CCCNC(CC)CN1CCCCc2ccccc21. The summed E-state index contributed by atoms with van der Waals surface area (Å²) in [5.41, 5.74) is 3.00. The highest BCUT2D eigenvalue weighted by Gasteiger charge is 2.17. The Morgan fingerprint density at radius 2 is 2.05 bits per heavy atom. The third-order valence-electron chi connectivity index (χ3n) is 4.07. The Balaban J connectivity index is 2.06. The van der Waals surface area contributed by atoms with E-state index in [9.17, 15) is 0 Å². The Kier molecular flexibility index (Phi) is 5.71. The molecule has 2 nitrogen and oxygen atoms in total. The van der Waals surface area contributed by atoms with Crippen LogP contribution in [0, 0.1) is 0 Å². The third-order valence-corrected chi connectivity index (χ3v) is 4.07. The summed E-state index contributed by atoms with van der Waals surface area (Å²) in [7, 11) is 0. The van der Waals surface area contributed by atoms with E-state index in [0.717, 1.165) is 13.1 Å². The zero-order valence-corrected chi connectivity index (χ0v) is 12.5. The van der Waals surface area contributed by atoms with Gasteiger partial charge in [0, 0.05) is 24.8 Å². The predicted molar refractivity (Wildman–Crippen MR) is 84.0 cm³/mol. The molecule has 1 unspecified atom stereocenters. The van der Waals surface area contributed by atoms with Crippen molar-refractivity contribution >= 4 is 5.69 Å². The smallest absolute Gasteiger partial charge is 0.0399 e. The molecule has 0 aromatic heterocycles. The van der Waals surface area contributed by atoms with Gasteiger partial charge in [-0.15, -0.1) is 0 Å². The molecular formula is C17H28N2. The molecule has 1 aromatic carbocycles. The first kappa shape index (κ1) is 14.4. The van der Waals surface area contributed by atoms with Crippen LogP contribution in [-0.4, -0.2) is 25.7 Å². The van der Waals surface area contributed by atoms with Crippen molar-refractivity contribution in [1.82, 2.24) is 5.32 Å². The lowest BCUT2D eigenvalue weighted by atomic mass is 10.1. The topological polar surface area (TPSA) is 15.3 Å². The molecule has 2 heteroatoms. The largest absolute Gasteiger partial charge is 0.370 e. The Labute approximate surface area is 118 Å². The van der Waals surface area contributed by atoms with Gasteiger partial charge in [0.1, 0.15) is 0 Å². The summed E-state index contributed by atoms with van der Waals surface area (Å²) in [6, 6.07) is 9.57. The van der Waals surface area contributed by atoms with Crippen molar-refractivity contribution in [1.29, 1.82) is 0 Å². The number of aryl methyl sites for hydroxylation is 1. The van der Waals surface area contributed by atoms with Gasteiger partial charge in [-0.2, -0.15) is 0 Å². The number of anilines is 1. The fourth-order valence-electron chi connectivity index (χ4n) is 2.91. The van der Waals surface area contributed by atoms with Gasteiger partial charge in [-0.05, 0) is 50.3 Å². The molecule has 0 bridgehead atoms. The fourth-order valence-corrected chi connectivity index (χ4v) is 2.91. The number of para-hydroxylation sites is 1. The van der Waals surface area contributed by atoms with Crippen LogP contribution in [0.1, 0.15) is 45.1 Å². The number of nitrogens with one attached hydrogen (secondary N) is 1. The van der Waals surface area contributed by atoms with E-state index in [-0.39, 0.29) is 0 Å². The molecule has 19 heavy (non-hydrogen) atoms. The molecule has 1 heterocycles. The van der Waals surface area contributed by atoms with E-state index in [2.05, 4.69) is 48.3 Å². The number of hydrogen-bond donors (Lipinski definition) is 1. The van der Waals surface area contributed by atoms with Crippen LogP contribution < -0.4 is 10.2 Å². The average Bonchev–Trinajstić information content (AvgIpc) is 2.66. The van der Waals surface area contributed by atoms with Gasteiger partial charge in [0.25, 0.3) is 0 Å². The van der Waals surface area contributed by atoms with Crippen LogP contribution in [-0.2, 0) is 6.42 Å². The second-order valence-electron chi connectivity index (χ2n) is 5.59. The lowest BCUT2D eigenvalue weighted by molar-refractivity contribution is 0.487. The Morgan fingerprint density at radius 1 is 1.21 bits per heavy atom. The summed E-state index contributed by atoms with van der Waals surface area (Å²) in [6.45, 7) is 8.01. The minimum atomic E-state index is 0.617. The molecule has 1 aliphatic heterocycles. The summed E-state index contributed by atoms with van der Waals surface area (Å²) in [5.74, 6) is 0. The van der Waals surface area contributed by atoms with E-state index in [4.69, 9.17) is 0 Å². The van der Waals surface area contributed by atoms with Gasteiger partial charge < -0.3 is 10.2 Å². The number of nitrogens with zero attached hydrogens (tertiary/aromatic N) is 1. The number of benzene rings is 1. The Morgan fingerprint density at radius 3 is 2.84 bits per heavy atom. The minimum absolute atomic E-state index is 0.617. The first-order chi connectivity index (χ1) is 9.35. The fraction of sp³-hybridized carbons (Fsp3) is 0.647. The maximum absolute atomic E-state index is 3.68. The van der Waals surface area contributed by atoms with Crippen LogP contribution >= 0.6 is 0 Å². The van der Waals surface area contributed by atoms with Crippen molar-refractivity contribution in [2.24, 2.45) is 0 Å². The summed E-state index contributed by atoms with van der Waals surface area (Å²) in [4.78, 5) is 2.60. The molecule has 0 aliphatic carbocycles. The maximum Gasteiger partial charge on any atom is 0.0399 e. The molecule has 0 spiro atoms. The molecule has 0 saturated heterocycles. The van der Waals surface area contributed by atoms with Gasteiger partial charge in [-0.3, -0.25) is 0 Å². The first-order valence-electron chi connectivity index (χ1n) is 7.91. The van der Waals surface area contributed by atoms with Crippen LogP contribution in [0.15, 0.2) is 24.3 Å². The van der Waals surface area contributed by atoms with Crippen LogP contribution in [0.2, 0.25) is 0 Å². The number of fused-ring (bicyclic) bond motifs is 1. The summed E-state index contributed by atoms with van der Waals surface area (Å²) in [5, 5.41) is 3.68. The third kappa shape index (κ3) is 3.97. The number of rotatable bonds is 6. The van der Waals surface area contributed by atoms with Crippen LogP contribution in [0.3, 0.4) is 0 Å². The van der Waals surface area contributed by atoms with E-state index in [1.807, 2.05) is 0 Å². The molecule has 0 fully saturated rings. The van der Waals surface area contributed by atoms with E-state index < -0.39 is 0 Å². The molecule has 2 rings (SSSR count). The van der Waals surface area contributed by atoms with E-state index >= 15 is 0 Å². The van der Waals surface area contributed by atoms with E-state index in [0.29, 0.717) is 6.04 Å². The highest BCUT2D eigenvalue weighted by molar-refractivity contribution is 5.54. The minimum Gasteiger partial charge on any atom is -0.370 e. The molecular weight excluding hydrogens is 232 g/mol. The summed E-state index contributed by atoms with van der Waals surface area (Å²) < 4.78 is 0. The maximum atomic E-state index is 3.68. The average molecular weight is 260 g/mol. The second kappa shape index (κ2) is 7.54.